The van der Waals surface area contributed by atoms with Crippen LogP contribution in [0, 0.1) is 17.8 Å². The molecule has 0 aliphatic heterocycles. The highest BCUT2D eigenvalue weighted by Gasteiger charge is 2.52. The number of hydrogen-bond donors (Lipinski definition) is 1. The zero-order chi connectivity index (χ0) is 14.2. The minimum Gasteiger partial charge on any atom is -0.469 e. The molecule has 0 unspecified atom stereocenters. The number of fused-ring (bicyclic) bond motifs is 2. The molecule has 1 amide bonds. The number of methoxy groups -OCH3 is 1. The van der Waals surface area contributed by atoms with Gasteiger partial charge in [-0.1, -0.05) is 0 Å². The van der Waals surface area contributed by atoms with Crippen LogP contribution in [-0.2, 0) is 14.3 Å². The molecule has 0 heterocycles. The lowest BCUT2D eigenvalue weighted by Gasteiger charge is -2.30. The van der Waals surface area contributed by atoms with Crippen LogP contribution in [0.25, 0.3) is 0 Å². The zero-order valence-corrected chi connectivity index (χ0v) is 12.1. The molecule has 1 N–H and O–H groups in total. The molecule has 0 aromatic rings. The Kier molecular flexibility index (Phi) is 3.74. The number of carbonyl (C=O) groups is 2. The van der Waals surface area contributed by atoms with E-state index in [1.54, 1.807) is 0 Å². The van der Waals surface area contributed by atoms with Crippen LogP contribution in [0.1, 0.15) is 40.0 Å². The molecule has 2 rings (SSSR count). The zero-order valence-electron chi connectivity index (χ0n) is 12.1. The highest BCUT2D eigenvalue weighted by atomic mass is 16.6. The highest BCUT2D eigenvalue weighted by molar-refractivity contribution is 5.76. The topological polar surface area (TPSA) is 64.6 Å². The summed E-state index contributed by atoms with van der Waals surface area (Å²) >= 11 is 0. The summed E-state index contributed by atoms with van der Waals surface area (Å²) in [6, 6.07) is -0.138. The molecule has 5 nitrogen and oxygen atoms in total. The molecular formula is C14H23NO4. The number of rotatable bonds is 2. The molecule has 19 heavy (non-hydrogen) atoms. The summed E-state index contributed by atoms with van der Waals surface area (Å²) < 4.78 is 10.1. The van der Waals surface area contributed by atoms with E-state index in [4.69, 9.17) is 9.47 Å². The lowest BCUT2D eigenvalue weighted by atomic mass is 9.84. The van der Waals surface area contributed by atoms with Gasteiger partial charge in [-0.2, -0.15) is 0 Å². The SMILES string of the molecule is COC(=O)[C@H]1[C@H]2CC[C@H](C2)[C@H]1NC(=O)OC(C)(C)C. The average Bonchev–Trinajstić information content (AvgIpc) is 2.85. The maximum Gasteiger partial charge on any atom is 0.407 e. The molecule has 2 aliphatic rings. The Morgan fingerprint density at radius 2 is 1.79 bits per heavy atom. The fourth-order valence-corrected chi connectivity index (χ4v) is 3.42. The van der Waals surface area contributed by atoms with Crippen LogP contribution in [0.3, 0.4) is 0 Å². The summed E-state index contributed by atoms with van der Waals surface area (Å²) in [7, 11) is 1.40. The molecule has 5 heteroatoms. The number of carbonyl (C=O) groups excluding carboxylic acids is 2. The van der Waals surface area contributed by atoms with Gasteiger partial charge in [-0.15, -0.1) is 0 Å². The average molecular weight is 269 g/mol. The van der Waals surface area contributed by atoms with Gasteiger partial charge in [0.15, 0.2) is 0 Å². The first-order valence-corrected chi connectivity index (χ1v) is 6.89. The van der Waals surface area contributed by atoms with Crippen molar-refractivity contribution in [3.8, 4) is 0 Å². The summed E-state index contributed by atoms with van der Waals surface area (Å²) in [5.74, 6) is 0.295. The van der Waals surface area contributed by atoms with E-state index in [1.807, 2.05) is 20.8 Å². The van der Waals surface area contributed by atoms with Gasteiger partial charge < -0.3 is 14.8 Å². The Labute approximate surface area is 114 Å². The highest BCUT2D eigenvalue weighted by Crippen LogP contribution is 2.48. The van der Waals surface area contributed by atoms with E-state index in [2.05, 4.69) is 5.32 Å². The van der Waals surface area contributed by atoms with Gasteiger partial charge in [0.2, 0.25) is 0 Å². The van der Waals surface area contributed by atoms with E-state index in [0.29, 0.717) is 11.8 Å². The van der Waals surface area contributed by atoms with Crippen molar-refractivity contribution in [3.63, 3.8) is 0 Å². The second-order valence-corrected chi connectivity index (χ2v) is 6.55. The number of esters is 1. The van der Waals surface area contributed by atoms with Crippen LogP contribution < -0.4 is 5.32 Å². The normalized spacial score (nSPS) is 33.1. The molecule has 0 saturated heterocycles. The maximum absolute atomic E-state index is 11.9. The quantitative estimate of drug-likeness (QED) is 0.780. The Balaban J connectivity index is 2.02. The number of alkyl carbamates (subject to hydrolysis) is 1. The van der Waals surface area contributed by atoms with Crippen molar-refractivity contribution >= 4 is 12.1 Å². The van der Waals surface area contributed by atoms with Crippen LogP contribution >= 0.6 is 0 Å². The van der Waals surface area contributed by atoms with Crippen LogP contribution in [0.5, 0.6) is 0 Å². The van der Waals surface area contributed by atoms with Gasteiger partial charge in [-0.25, -0.2) is 4.79 Å². The van der Waals surface area contributed by atoms with Gasteiger partial charge >= 0.3 is 12.1 Å². The van der Waals surface area contributed by atoms with E-state index in [0.717, 1.165) is 19.3 Å². The molecule has 4 atom stereocenters. The molecular weight excluding hydrogens is 246 g/mol. The fourth-order valence-electron chi connectivity index (χ4n) is 3.42. The molecule has 2 saturated carbocycles. The van der Waals surface area contributed by atoms with Gasteiger partial charge in [-0.3, -0.25) is 4.79 Å². The smallest absolute Gasteiger partial charge is 0.407 e. The Morgan fingerprint density at radius 1 is 1.16 bits per heavy atom. The van der Waals surface area contributed by atoms with Crippen LogP contribution in [-0.4, -0.2) is 30.8 Å². The predicted octanol–water partition coefficient (Wildman–Crippen LogP) is 2.10. The molecule has 0 aromatic carbocycles. The number of nitrogens with one attached hydrogen (secondary N) is 1. The summed E-state index contributed by atoms with van der Waals surface area (Å²) in [6.45, 7) is 5.47. The van der Waals surface area contributed by atoms with Crippen molar-refractivity contribution in [2.75, 3.05) is 7.11 Å². The minimum absolute atomic E-state index is 0.138. The van der Waals surface area contributed by atoms with Crippen LogP contribution in [0.2, 0.25) is 0 Å². The minimum atomic E-state index is -0.525. The molecule has 2 fully saturated rings. The monoisotopic (exact) mass is 269 g/mol. The maximum atomic E-state index is 11.9. The Hall–Kier alpha value is -1.26. The summed E-state index contributed by atoms with van der Waals surface area (Å²) in [4.78, 5) is 23.7. The predicted molar refractivity (Wildman–Crippen MR) is 69.5 cm³/mol. The third-order valence-electron chi connectivity index (χ3n) is 4.07. The van der Waals surface area contributed by atoms with Gasteiger partial charge in [0.1, 0.15) is 5.60 Å². The molecule has 2 aliphatic carbocycles. The summed E-state index contributed by atoms with van der Waals surface area (Å²) in [5, 5.41) is 2.87. The molecule has 0 radical (unpaired) electrons. The van der Waals surface area contributed by atoms with Crippen molar-refractivity contribution in [1.29, 1.82) is 0 Å². The largest absolute Gasteiger partial charge is 0.469 e. The second-order valence-electron chi connectivity index (χ2n) is 6.55. The third-order valence-corrected chi connectivity index (χ3v) is 4.07. The third kappa shape index (κ3) is 3.01. The van der Waals surface area contributed by atoms with E-state index < -0.39 is 11.7 Å². The van der Waals surface area contributed by atoms with E-state index in [-0.39, 0.29) is 17.9 Å². The summed E-state index contributed by atoms with van der Waals surface area (Å²) in [6.07, 6.45) is 2.68. The van der Waals surface area contributed by atoms with Crippen molar-refractivity contribution in [2.24, 2.45) is 17.8 Å². The second kappa shape index (κ2) is 5.02. The molecule has 0 spiro atoms. The van der Waals surface area contributed by atoms with E-state index >= 15 is 0 Å². The lowest BCUT2D eigenvalue weighted by Crippen LogP contribution is -2.48. The molecule has 2 bridgehead atoms. The van der Waals surface area contributed by atoms with Gasteiger partial charge in [0.25, 0.3) is 0 Å². The number of amides is 1. The Morgan fingerprint density at radius 3 is 2.37 bits per heavy atom. The standard InChI is InChI=1S/C14H23NO4/c1-14(2,3)19-13(17)15-11-9-6-5-8(7-9)10(11)12(16)18-4/h8-11H,5-7H2,1-4H3,(H,15,17)/t8-,9+,10-,11+/m0/s1. The summed E-state index contributed by atoms with van der Waals surface area (Å²) in [5.41, 5.74) is -0.525. The van der Waals surface area contributed by atoms with Crippen molar-refractivity contribution < 1.29 is 19.1 Å². The lowest BCUT2D eigenvalue weighted by molar-refractivity contribution is -0.148. The first-order chi connectivity index (χ1) is 8.81. The van der Waals surface area contributed by atoms with Gasteiger partial charge in [0.05, 0.1) is 13.0 Å². The van der Waals surface area contributed by atoms with Gasteiger partial charge in [0, 0.05) is 6.04 Å². The molecule has 108 valence electrons. The van der Waals surface area contributed by atoms with Crippen molar-refractivity contribution in [2.45, 2.75) is 51.7 Å². The van der Waals surface area contributed by atoms with E-state index in [1.165, 1.54) is 7.11 Å². The molecule has 0 aromatic heterocycles. The van der Waals surface area contributed by atoms with E-state index in [9.17, 15) is 9.59 Å². The van der Waals surface area contributed by atoms with Crippen LogP contribution in [0.4, 0.5) is 4.79 Å². The Bertz CT molecular complexity index is 374. The number of ether oxygens (including phenoxy) is 2. The van der Waals surface area contributed by atoms with Crippen molar-refractivity contribution in [3.05, 3.63) is 0 Å². The first-order valence-electron chi connectivity index (χ1n) is 6.89. The fraction of sp³-hybridized carbons (Fsp3) is 0.857. The van der Waals surface area contributed by atoms with Crippen molar-refractivity contribution in [1.82, 2.24) is 5.32 Å². The van der Waals surface area contributed by atoms with Gasteiger partial charge in [-0.05, 0) is 51.9 Å². The first kappa shape index (κ1) is 14.2. The van der Waals surface area contributed by atoms with Crippen LogP contribution in [0.15, 0.2) is 0 Å². The number of hydrogen-bond acceptors (Lipinski definition) is 4.